The Morgan fingerprint density at radius 2 is 2.04 bits per heavy atom. The number of fused-ring (bicyclic) bond motifs is 1. The lowest BCUT2D eigenvalue weighted by molar-refractivity contribution is -0.274. The summed E-state index contributed by atoms with van der Waals surface area (Å²) in [7, 11) is 0. The van der Waals surface area contributed by atoms with Gasteiger partial charge in [-0.15, -0.1) is 13.2 Å². The number of benzene rings is 1. The Morgan fingerprint density at radius 1 is 1.26 bits per heavy atom. The predicted molar refractivity (Wildman–Crippen MR) is 74.0 cm³/mol. The van der Waals surface area contributed by atoms with Crippen molar-refractivity contribution < 1.29 is 27.4 Å². The highest BCUT2D eigenvalue weighted by molar-refractivity contribution is 5.27. The van der Waals surface area contributed by atoms with E-state index in [-0.39, 0.29) is 11.7 Å². The Bertz CT molecular complexity index is 640. The first kappa shape index (κ1) is 15.7. The maximum Gasteiger partial charge on any atom is 0.573 e. The number of halogens is 3. The van der Waals surface area contributed by atoms with Crippen LogP contribution < -0.4 is 9.47 Å². The molecule has 0 radical (unpaired) electrons. The zero-order valence-corrected chi connectivity index (χ0v) is 12.1. The molecule has 3 rings (SSSR count). The van der Waals surface area contributed by atoms with Crippen molar-refractivity contribution in [2.75, 3.05) is 13.2 Å². The Kier molecular flexibility index (Phi) is 4.42. The number of hydrogen-bond acceptors (Lipinski definition) is 4. The molecule has 8 heteroatoms. The minimum atomic E-state index is -4.68. The van der Waals surface area contributed by atoms with Gasteiger partial charge in [0.2, 0.25) is 0 Å². The molecule has 0 spiro atoms. The summed E-state index contributed by atoms with van der Waals surface area (Å²) in [5, 5.41) is 0. The van der Waals surface area contributed by atoms with Crippen LogP contribution in [0.15, 0.2) is 36.7 Å². The molecule has 1 aromatic heterocycles. The molecule has 0 saturated carbocycles. The molecule has 1 aliphatic rings. The standard InChI is InChI=1S/C15H15F3N2O3/c16-15(17,18)23-13-3-1-11(2-4-13)8-21-9-12-7-20-6-5-19-14(20)22-10-12/h1-6,12H,7-10H2. The first-order valence-electron chi connectivity index (χ1n) is 7.06. The zero-order chi connectivity index (χ0) is 16.3. The summed E-state index contributed by atoms with van der Waals surface area (Å²) in [6.07, 6.45) is -1.14. The Balaban J connectivity index is 1.44. The summed E-state index contributed by atoms with van der Waals surface area (Å²) < 4.78 is 53.0. The monoisotopic (exact) mass is 328 g/mol. The number of aromatic nitrogens is 2. The molecule has 0 fully saturated rings. The Morgan fingerprint density at radius 3 is 2.78 bits per heavy atom. The van der Waals surface area contributed by atoms with E-state index in [9.17, 15) is 13.2 Å². The van der Waals surface area contributed by atoms with Gasteiger partial charge in [0.25, 0.3) is 6.01 Å². The van der Waals surface area contributed by atoms with Crippen LogP contribution in [0.5, 0.6) is 11.8 Å². The van der Waals surface area contributed by atoms with E-state index in [0.29, 0.717) is 25.8 Å². The molecule has 0 saturated heterocycles. The fourth-order valence-electron chi connectivity index (χ4n) is 2.33. The van der Waals surface area contributed by atoms with Crippen LogP contribution >= 0.6 is 0 Å². The van der Waals surface area contributed by atoms with E-state index in [4.69, 9.17) is 9.47 Å². The molecule has 1 aromatic carbocycles. The fraction of sp³-hybridized carbons (Fsp3) is 0.400. The molecule has 124 valence electrons. The number of hydrogen-bond donors (Lipinski definition) is 0. The molecule has 1 atom stereocenters. The van der Waals surface area contributed by atoms with Crippen molar-refractivity contribution in [1.29, 1.82) is 0 Å². The van der Waals surface area contributed by atoms with Gasteiger partial charge in [0.15, 0.2) is 0 Å². The van der Waals surface area contributed by atoms with Gasteiger partial charge in [0.1, 0.15) is 5.75 Å². The van der Waals surface area contributed by atoms with Gasteiger partial charge in [-0.2, -0.15) is 0 Å². The molecular formula is C15H15F3N2O3. The molecule has 1 aliphatic heterocycles. The summed E-state index contributed by atoms with van der Waals surface area (Å²) in [4.78, 5) is 4.06. The SMILES string of the molecule is FC(F)(F)Oc1ccc(COCC2COc3nccn3C2)cc1. The molecule has 0 bridgehead atoms. The lowest BCUT2D eigenvalue weighted by Crippen LogP contribution is -2.28. The first-order chi connectivity index (χ1) is 11.0. The maximum absolute atomic E-state index is 12.1. The number of imidazole rings is 1. The molecule has 2 aromatic rings. The van der Waals surface area contributed by atoms with E-state index < -0.39 is 6.36 Å². The van der Waals surface area contributed by atoms with Crippen molar-refractivity contribution >= 4 is 0 Å². The minimum Gasteiger partial charge on any atom is -0.464 e. The largest absolute Gasteiger partial charge is 0.573 e. The molecule has 23 heavy (non-hydrogen) atoms. The summed E-state index contributed by atoms with van der Waals surface area (Å²) in [5.41, 5.74) is 0.777. The average molecular weight is 328 g/mol. The van der Waals surface area contributed by atoms with Crippen molar-refractivity contribution in [2.45, 2.75) is 19.5 Å². The van der Waals surface area contributed by atoms with Gasteiger partial charge in [-0.3, -0.25) is 0 Å². The third-order valence-corrected chi connectivity index (χ3v) is 3.36. The molecular weight excluding hydrogens is 313 g/mol. The normalized spacial score (nSPS) is 17.4. The second-order valence-corrected chi connectivity index (χ2v) is 5.25. The van der Waals surface area contributed by atoms with Crippen LogP contribution in [-0.2, 0) is 17.9 Å². The Hall–Kier alpha value is -2.22. The number of nitrogens with zero attached hydrogens (tertiary/aromatic N) is 2. The number of rotatable bonds is 5. The van der Waals surface area contributed by atoms with Gasteiger partial charge >= 0.3 is 6.36 Å². The molecule has 0 N–H and O–H groups in total. The summed E-state index contributed by atoms with van der Waals surface area (Å²) in [6, 6.07) is 6.25. The highest BCUT2D eigenvalue weighted by Crippen LogP contribution is 2.23. The third-order valence-electron chi connectivity index (χ3n) is 3.36. The summed E-state index contributed by atoms with van der Waals surface area (Å²) in [6.45, 7) is 2.13. The molecule has 5 nitrogen and oxygen atoms in total. The van der Waals surface area contributed by atoms with Crippen LogP contribution in [-0.4, -0.2) is 29.1 Å². The van der Waals surface area contributed by atoms with Crippen LogP contribution in [0.2, 0.25) is 0 Å². The van der Waals surface area contributed by atoms with E-state index in [1.165, 1.54) is 12.1 Å². The van der Waals surface area contributed by atoms with Crippen molar-refractivity contribution in [2.24, 2.45) is 5.92 Å². The second-order valence-electron chi connectivity index (χ2n) is 5.25. The van der Waals surface area contributed by atoms with Crippen molar-refractivity contribution in [3.8, 4) is 11.8 Å². The van der Waals surface area contributed by atoms with E-state index >= 15 is 0 Å². The van der Waals surface area contributed by atoms with Crippen molar-refractivity contribution in [3.05, 3.63) is 42.2 Å². The van der Waals surface area contributed by atoms with Gasteiger partial charge in [-0.05, 0) is 17.7 Å². The van der Waals surface area contributed by atoms with E-state index in [2.05, 4.69) is 9.72 Å². The first-order valence-corrected chi connectivity index (χ1v) is 7.06. The lowest BCUT2D eigenvalue weighted by atomic mass is 10.1. The van der Waals surface area contributed by atoms with Gasteiger partial charge in [0, 0.05) is 24.9 Å². The maximum atomic E-state index is 12.1. The van der Waals surface area contributed by atoms with E-state index in [1.54, 1.807) is 18.3 Å². The van der Waals surface area contributed by atoms with Crippen LogP contribution in [0.25, 0.3) is 0 Å². The van der Waals surface area contributed by atoms with Gasteiger partial charge < -0.3 is 18.8 Å². The molecule has 1 unspecified atom stereocenters. The number of ether oxygens (including phenoxy) is 3. The quantitative estimate of drug-likeness (QED) is 0.846. The third kappa shape index (κ3) is 4.38. The summed E-state index contributed by atoms with van der Waals surface area (Å²) in [5.74, 6) is -0.0286. The van der Waals surface area contributed by atoms with Gasteiger partial charge in [0.05, 0.1) is 19.8 Å². The molecule has 0 aliphatic carbocycles. The van der Waals surface area contributed by atoms with Crippen LogP contribution in [0.3, 0.4) is 0 Å². The fourth-order valence-corrected chi connectivity index (χ4v) is 2.33. The predicted octanol–water partition coefficient (Wildman–Crippen LogP) is 3.01. The highest BCUT2D eigenvalue weighted by Gasteiger charge is 2.30. The Labute approximate surface area is 130 Å². The van der Waals surface area contributed by atoms with E-state index in [0.717, 1.165) is 12.1 Å². The lowest BCUT2D eigenvalue weighted by Gasteiger charge is -2.23. The van der Waals surface area contributed by atoms with Crippen LogP contribution in [0, 0.1) is 5.92 Å². The minimum absolute atomic E-state index is 0.213. The average Bonchev–Trinajstić information content (AvgIpc) is 2.95. The van der Waals surface area contributed by atoms with Crippen molar-refractivity contribution in [3.63, 3.8) is 0 Å². The second kappa shape index (κ2) is 6.49. The number of alkyl halides is 3. The van der Waals surface area contributed by atoms with E-state index in [1.807, 2.05) is 10.8 Å². The molecule has 2 heterocycles. The summed E-state index contributed by atoms with van der Waals surface area (Å²) >= 11 is 0. The zero-order valence-electron chi connectivity index (χ0n) is 12.1. The van der Waals surface area contributed by atoms with Crippen molar-refractivity contribution in [1.82, 2.24) is 9.55 Å². The molecule has 0 amide bonds. The van der Waals surface area contributed by atoms with Crippen LogP contribution in [0.1, 0.15) is 5.56 Å². The van der Waals surface area contributed by atoms with Crippen LogP contribution in [0.4, 0.5) is 13.2 Å². The van der Waals surface area contributed by atoms with Gasteiger partial charge in [-0.1, -0.05) is 12.1 Å². The topological polar surface area (TPSA) is 45.5 Å². The highest BCUT2D eigenvalue weighted by atomic mass is 19.4. The smallest absolute Gasteiger partial charge is 0.464 e. The van der Waals surface area contributed by atoms with Gasteiger partial charge in [-0.25, -0.2) is 4.98 Å².